The smallest absolute Gasteiger partial charge is 0.237 e. The van der Waals surface area contributed by atoms with Gasteiger partial charge < -0.3 is 10.6 Å². The molecule has 1 fully saturated rings. The third-order valence-corrected chi connectivity index (χ3v) is 3.68. The zero-order valence-electron chi connectivity index (χ0n) is 9.22. The molecule has 1 heterocycles. The molecule has 1 atom stereocenters. The molecule has 1 aliphatic rings. The molecule has 1 aromatic rings. The van der Waals surface area contributed by atoms with Crippen molar-refractivity contribution in [3.8, 4) is 0 Å². The SMILES string of the molecule is Cc1cc(CC2NCCNC2=O)ccc1Br. The van der Waals surface area contributed by atoms with E-state index in [1.54, 1.807) is 0 Å². The van der Waals surface area contributed by atoms with Crippen molar-refractivity contribution in [1.29, 1.82) is 0 Å². The fourth-order valence-corrected chi connectivity index (χ4v) is 2.13. The maximum absolute atomic E-state index is 11.6. The summed E-state index contributed by atoms with van der Waals surface area (Å²) < 4.78 is 1.11. The van der Waals surface area contributed by atoms with E-state index < -0.39 is 0 Å². The van der Waals surface area contributed by atoms with Crippen molar-refractivity contribution in [3.63, 3.8) is 0 Å². The van der Waals surface area contributed by atoms with Gasteiger partial charge in [0.05, 0.1) is 6.04 Å². The third kappa shape index (κ3) is 2.62. The number of hydrogen-bond acceptors (Lipinski definition) is 2. The van der Waals surface area contributed by atoms with Crippen molar-refractivity contribution in [3.05, 3.63) is 33.8 Å². The summed E-state index contributed by atoms with van der Waals surface area (Å²) in [5, 5.41) is 6.10. The van der Waals surface area contributed by atoms with E-state index in [1.807, 2.05) is 6.07 Å². The van der Waals surface area contributed by atoms with Gasteiger partial charge in [0, 0.05) is 17.6 Å². The van der Waals surface area contributed by atoms with Crippen LogP contribution in [-0.4, -0.2) is 25.0 Å². The second-order valence-electron chi connectivity index (χ2n) is 4.09. The Morgan fingerprint density at radius 2 is 2.25 bits per heavy atom. The summed E-state index contributed by atoms with van der Waals surface area (Å²) in [7, 11) is 0. The Bertz CT molecular complexity index is 406. The van der Waals surface area contributed by atoms with Gasteiger partial charge in [-0.05, 0) is 30.5 Å². The number of carbonyl (C=O) groups is 1. The second kappa shape index (κ2) is 4.97. The molecule has 0 saturated carbocycles. The van der Waals surface area contributed by atoms with E-state index in [4.69, 9.17) is 0 Å². The van der Waals surface area contributed by atoms with Gasteiger partial charge in [-0.15, -0.1) is 0 Å². The van der Waals surface area contributed by atoms with E-state index >= 15 is 0 Å². The summed E-state index contributed by atoms with van der Waals surface area (Å²) in [6, 6.07) is 6.12. The summed E-state index contributed by atoms with van der Waals surface area (Å²) in [5.41, 5.74) is 2.39. The highest BCUT2D eigenvalue weighted by Crippen LogP contribution is 2.18. The van der Waals surface area contributed by atoms with Gasteiger partial charge in [0.1, 0.15) is 0 Å². The molecular formula is C12H15BrN2O. The molecule has 2 rings (SSSR count). The largest absolute Gasteiger partial charge is 0.353 e. The van der Waals surface area contributed by atoms with Crippen LogP contribution in [0.15, 0.2) is 22.7 Å². The van der Waals surface area contributed by atoms with E-state index in [2.05, 4.69) is 45.6 Å². The van der Waals surface area contributed by atoms with Crippen LogP contribution < -0.4 is 10.6 Å². The minimum atomic E-state index is -0.0886. The highest BCUT2D eigenvalue weighted by atomic mass is 79.9. The zero-order chi connectivity index (χ0) is 11.5. The molecule has 3 nitrogen and oxygen atoms in total. The van der Waals surface area contributed by atoms with Gasteiger partial charge in [-0.2, -0.15) is 0 Å². The van der Waals surface area contributed by atoms with Crippen molar-refractivity contribution < 1.29 is 4.79 Å². The van der Waals surface area contributed by atoms with Gasteiger partial charge in [-0.3, -0.25) is 4.79 Å². The Balaban J connectivity index is 2.08. The van der Waals surface area contributed by atoms with Gasteiger partial charge in [-0.1, -0.05) is 28.1 Å². The molecule has 1 amide bonds. The van der Waals surface area contributed by atoms with Crippen LogP contribution in [0.5, 0.6) is 0 Å². The molecule has 0 bridgehead atoms. The predicted octanol–water partition coefficient (Wildman–Crippen LogP) is 1.39. The highest BCUT2D eigenvalue weighted by Gasteiger charge is 2.21. The summed E-state index contributed by atoms with van der Waals surface area (Å²) >= 11 is 3.47. The van der Waals surface area contributed by atoms with E-state index in [9.17, 15) is 4.79 Å². The number of carbonyl (C=O) groups excluding carboxylic acids is 1. The topological polar surface area (TPSA) is 41.1 Å². The lowest BCUT2D eigenvalue weighted by Crippen LogP contribution is -2.53. The normalized spacial score (nSPS) is 20.6. The average Bonchev–Trinajstić information content (AvgIpc) is 2.27. The molecule has 0 radical (unpaired) electrons. The minimum Gasteiger partial charge on any atom is -0.353 e. The van der Waals surface area contributed by atoms with Gasteiger partial charge in [0.25, 0.3) is 0 Å². The van der Waals surface area contributed by atoms with Crippen LogP contribution in [-0.2, 0) is 11.2 Å². The fourth-order valence-electron chi connectivity index (χ4n) is 1.88. The quantitative estimate of drug-likeness (QED) is 0.861. The average molecular weight is 283 g/mol. The van der Waals surface area contributed by atoms with Gasteiger partial charge >= 0.3 is 0 Å². The number of benzene rings is 1. The van der Waals surface area contributed by atoms with E-state index in [0.29, 0.717) is 0 Å². The van der Waals surface area contributed by atoms with Crippen molar-refractivity contribution in [2.45, 2.75) is 19.4 Å². The lowest BCUT2D eigenvalue weighted by Gasteiger charge is -2.23. The standard InChI is InChI=1S/C12H15BrN2O/c1-8-6-9(2-3-10(8)13)7-11-12(16)15-5-4-14-11/h2-3,6,11,14H,4-5,7H2,1H3,(H,15,16). The van der Waals surface area contributed by atoms with Crippen LogP contribution in [0.1, 0.15) is 11.1 Å². The van der Waals surface area contributed by atoms with Crippen molar-refractivity contribution in [2.75, 3.05) is 13.1 Å². The molecule has 2 N–H and O–H groups in total. The number of hydrogen-bond donors (Lipinski definition) is 2. The Labute approximate surface area is 104 Å². The van der Waals surface area contributed by atoms with E-state index in [1.165, 1.54) is 11.1 Å². The van der Waals surface area contributed by atoms with Crippen LogP contribution >= 0.6 is 15.9 Å². The zero-order valence-corrected chi connectivity index (χ0v) is 10.8. The summed E-state index contributed by atoms with van der Waals surface area (Å²) in [6.45, 7) is 3.64. The van der Waals surface area contributed by atoms with Gasteiger partial charge in [0.15, 0.2) is 0 Å². The summed E-state index contributed by atoms with van der Waals surface area (Å²) in [4.78, 5) is 11.6. The lowest BCUT2D eigenvalue weighted by molar-refractivity contribution is -0.124. The van der Waals surface area contributed by atoms with E-state index in [-0.39, 0.29) is 11.9 Å². The third-order valence-electron chi connectivity index (χ3n) is 2.79. The van der Waals surface area contributed by atoms with Crippen LogP contribution in [0.3, 0.4) is 0 Å². The Morgan fingerprint density at radius 1 is 1.44 bits per heavy atom. The van der Waals surface area contributed by atoms with Crippen LogP contribution in [0, 0.1) is 6.92 Å². The molecule has 16 heavy (non-hydrogen) atoms. The molecule has 0 aromatic heterocycles. The molecule has 86 valence electrons. The number of piperazine rings is 1. The molecule has 1 aromatic carbocycles. The predicted molar refractivity (Wildman–Crippen MR) is 67.4 cm³/mol. The Morgan fingerprint density at radius 3 is 2.94 bits per heavy atom. The first-order valence-electron chi connectivity index (χ1n) is 5.43. The molecule has 0 spiro atoms. The van der Waals surface area contributed by atoms with Gasteiger partial charge in [-0.25, -0.2) is 0 Å². The summed E-state index contributed by atoms with van der Waals surface area (Å²) in [6.07, 6.45) is 0.750. The Kier molecular flexibility index (Phi) is 3.61. The van der Waals surface area contributed by atoms with Crippen molar-refractivity contribution in [2.24, 2.45) is 0 Å². The van der Waals surface area contributed by atoms with Crippen LogP contribution in [0.2, 0.25) is 0 Å². The molecule has 4 heteroatoms. The van der Waals surface area contributed by atoms with Crippen molar-refractivity contribution in [1.82, 2.24) is 10.6 Å². The molecule has 1 unspecified atom stereocenters. The maximum atomic E-state index is 11.6. The number of halogens is 1. The fraction of sp³-hybridized carbons (Fsp3) is 0.417. The number of rotatable bonds is 2. The van der Waals surface area contributed by atoms with Crippen LogP contribution in [0.25, 0.3) is 0 Å². The molecule has 1 aliphatic heterocycles. The first kappa shape index (κ1) is 11.6. The summed E-state index contributed by atoms with van der Waals surface area (Å²) in [5.74, 6) is 0.104. The molecule has 0 aliphatic carbocycles. The Hall–Kier alpha value is -0.870. The van der Waals surface area contributed by atoms with Crippen molar-refractivity contribution >= 4 is 21.8 Å². The first-order valence-corrected chi connectivity index (χ1v) is 6.22. The molecule has 1 saturated heterocycles. The second-order valence-corrected chi connectivity index (χ2v) is 4.94. The lowest BCUT2D eigenvalue weighted by atomic mass is 10.0. The van der Waals surface area contributed by atoms with Gasteiger partial charge in [0.2, 0.25) is 5.91 Å². The monoisotopic (exact) mass is 282 g/mol. The molecular weight excluding hydrogens is 268 g/mol. The number of aryl methyl sites for hydroxylation is 1. The highest BCUT2D eigenvalue weighted by molar-refractivity contribution is 9.10. The maximum Gasteiger partial charge on any atom is 0.237 e. The van der Waals surface area contributed by atoms with E-state index in [0.717, 1.165) is 24.0 Å². The number of amides is 1. The van der Waals surface area contributed by atoms with Crippen LogP contribution in [0.4, 0.5) is 0 Å². The first-order chi connectivity index (χ1) is 7.66. The minimum absolute atomic E-state index is 0.0886. The number of nitrogens with one attached hydrogen (secondary N) is 2.